The van der Waals surface area contributed by atoms with Crippen LogP contribution >= 0.6 is 0 Å². The topological polar surface area (TPSA) is 183 Å². The molecule has 246 valence electrons. The van der Waals surface area contributed by atoms with Gasteiger partial charge in [0.05, 0.1) is 46.4 Å². The Balaban J connectivity index is 0.900. The van der Waals surface area contributed by atoms with Crippen molar-refractivity contribution in [2.45, 2.75) is 56.7 Å². The van der Waals surface area contributed by atoms with Gasteiger partial charge in [-0.05, 0) is 74.3 Å². The highest BCUT2D eigenvalue weighted by molar-refractivity contribution is 6.23. The number of aromatic nitrogens is 2. The second kappa shape index (κ2) is 11.8. The number of amides is 4. The number of hydrogen-bond donors (Lipinski definition) is 4. The Hall–Kier alpha value is -5.17. The van der Waals surface area contributed by atoms with Crippen LogP contribution in [0, 0.1) is 11.8 Å². The van der Waals surface area contributed by atoms with Crippen molar-refractivity contribution in [1.29, 1.82) is 0 Å². The Morgan fingerprint density at radius 2 is 1.85 bits per heavy atom. The van der Waals surface area contributed by atoms with Gasteiger partial charge in [-0.2, -0.15) is 0 Å². The summed E-state index contributed by atoms with van der Waals surface area (Å²) in [6.07, 6.45) is 7.42. The highest BCUT2D eigenvalue weighted by Crippen LogP contribution is 2.38. The summed E-state index contributed by atoms with van der Waals surface area (Å²) in [5.74, 6) is -1.35. The molecule has 2 aliphatic carbocycles. The molecule has 1 aromatic heterocycles. The van der Waals surface area contributed by atoms with E-state index in [1.165, 1.54) is 0 Å². The number of imide groups is 2. The van der Waals surface area contributed by atoms with Crippen LogP contribution in [0.15, 0.2) is 53.3 Å². The maximum atomic E-state index is 13.2. The number of hydrogen-bond acceptors (Lipinski definition) is 11. The molecule has 3 aliphatic heterocycles. The Morgan fingerprint density at radius 1 is 1.06 bits per heavy atom. The summed E-state index contributed by atoms with van der Waals surface area (Å²) in [6, 6.07) is 10.1. The third-order valence-electron chi connectivity index (χ3n) is 10.0. The first-order valence-electron chi connectivity index (χ1n) is 16.5. The number of fused-ring (bicyclic) bond motifs is 2. The Morgan fingerprint density at radius 3 is 2.60 bits per heavy atom. The van der Waals surface area contributed by atoms with Crippen LogP contribution in [0.1, 0.15) is 64.9 Å². The van der Waals surface area contributed by atoms with Gasteiger partial charge in [0, 0.05) is 49.2 Å². The third kappa shape index (κ3) is 5.47. The molecule has 8 rings (SSSR count). The second-order valence-electron chi connectivity index (χ2n) is 13.5. The Bertz CT molecular complexity index is 1920. The van der Waals surface area contributed by atoms with E-state index in [4.69, 9.17) is 20.7 Å². The van der Waals surface area contributed by atoms with Crippen molar-refractivity contribution in [2.24, 2.45) is 22.6 Å². The average Bonchev–Trinajstić information content (AvgIpc) is 3.87. The summed E-state index contributed by atoms with van der Waals surface area (Å²) in [6.45, 7) is 1.86. The van der Waals surface area contributed by atoms with E-state index in [0.29, 0.717) is 37.2 Å². The van der Waals surface area contributed by atoms with Gasteiger partial charge in [-0.1, -0.05) is 6.07 Å². The number of carbonyl (C=O) groups is 4. The predicted molar refractivity (Wildman–Crippen MR) is 178 cm³/mol. The number of aliphatic imine (C=N–C) groups is 1. The van der Waals surface area contributed by atoms with Gasteiger partial charge in [-0.3, -0.25) is 39.4 Å². The number of piperidine rings is 1. The zero-order chi connectivity index (χ0) is 33.1. The van der Waals surface area contributed by atoms with E-state index in [9.17, 15) is 24.3 Å². The lowest BCUT2D eigenvalue weighted by molar-refractivity contribution is -0.136. The molecule has 5 N–H and O–H groups in total. The number of para-hydroxylation sites is 1. The van der Waals surface area contributed by atoms with Crippen molar-refractivity contribution >= 4 is 57.8 Å². The number of aliphatic hydroxyl groups is 1. The van der Waals surface area contributed by atoms with Crippen molar-refractivity contribution in [2.75, 3.05) is 29.9 Å². The smallest absolute Gasteiger partial charge is 0.262 e. The van der Waals surface area contributed by atoms with Crippen molar-refractivity contribution in [1.82, 2.24) is 20.2 Å². The molecule has 1 atom stereocenters. The summed E-state index contributed by atoms with van der Waals surface area (Å²) in [4.78, 5) is 67.7. The largest absolute Gasteiger partial charge is 0.401 e. The Kier molecular flexibility index (Phi) is 7.43. The minimum atomic E-state index is -0.985. The minimum Gasteiger partial charge on any atom is -0.401 e. The number of benzene rings is 2. The van der Waals surface area contributed by atoms with Gasteiger partial charge in [0.15, 0.2) is 0 Å². The number of allylic oxidation sites excluding steroid dienone is 2. The summed E-state index contributed by atoms with van der Waals surface area (Å²) in [5, 5.41) is 15.4. The number of rotatable bonds is 9. The van der Waals surface area contributed by atoms with E-state index in [0.717, 1.165) is 64.3 Å². The molecular formula is C35H36N8O5. The van der Waals surface area contributed by atoms with Crippen LogP contribution in [0.25, 0.3) is 16.6 Å². The van der Waals surface area contributed by atoms with Crippen LogP contribution in [0.3, 0.4) is 0 Å². The van der Waals surface area contributed by atoms with Gasteiger partial charge in [-0.25, -0.2) is 4.98 Å². The summed E-state index contributed by atoms with van der Waals surface area (Å²) in [7, 11) is 0. The van der Waals surface area contributed by atoms with Crippen LogP contribution in [-0.4, -0.2) is 87.6 Å². The zero-order valence-corrected chi connectivity index (χ0v) is 26.3. The number of nitrogens with two attached hydrogens (primary N) is 1. The molecule has 0 spiro atoms. The molecule has 5 aliphatic rings. The molecule has 13 nitrogen and oxygen atoms in total. The number of anilines is 2. The maximum absolute atomic E-state index is 13.2. The monoisotopic (exact) mass is 648 g/mol. The molecule has 2 saturated heterocycles. The van der Waals surface area contributed by atoms with Crippen molar-refractivity contribution < 1.29 is 24.3 Å². The van der Waals surface area contributed by atoms with Gasteiger partial charge < -0.3 is 21.1 Å². The fourth-order valence-electron chi connectivity index (χ4n) is 6.98. The van der Waals surface area contributed by atoms with E-state index < -0.39 is 29.7 Å². The minimum absolute atomic E-state index is 0.0822. The molecule has 48 heavy (non-hydrogen) atoms. The van der Waals surface area contributed by atoms with Crippen LogP contribution in [0.4, 0.5) is 11.4 Å². The quantitative estimate of drug-likeness (QED) is 0.198. The number of β-amino-alcohol motifs (C(OH)–C–C–N with tert-alkyl or cyclic N) is 1. The summed E-state index contributed by atoms with van der Waals surface area (Å²) < 4.78 is 0. The molecule has 2 aromatic carbocycles. The van der Waals surface area contributed by atoms with Crippen molar-refractivity contribution in [3.8, 4) is 0 Å². The van der Waals surface area contributed by atoms with Crippen molar-refractivity contribution in [3.05, 3.63) is 65.1 Å². The average molecular weight is 649 g/mol. The molecule has 4 fully saturated rings. The molecule has 3 aromatic rings. The summed E-state index contributed by atoms with van der Waals surface area (Å²) >= 11 is 0. The summed E-state index contributed by atoms with van der Waals surface area (Å²) in [5.41, 5.74) is 12.7. The molecule has 2 saturated carbocycles. The van der Waals surface area contributed by atoms with Crippen LogP contribution in [-0.2, 0) is 9.59 Å². The zero-order valence-electron chi connectivity index (χ0n) is 26.3. The molecular weight excluding hydrogens is 612 g/mol. The lowest BCUT2D eigenvalue weighted by Gasteiger charge is -2.38. The molecule has 13 heteroatoms. The van der Waals surface area contributed by atoms with E-state index in [2.05, 4.69) is 15.5 Å². The van der Waals surface area contributed by atoms with Gasteiger partial charge in [0.25, 0.3) is 11.8 Å². The van der Waals surface area contributed by atoms with Gasteiger partial charge in [-0.15, -0.1) is 0 Å². The van der Waals surface area contributed by atoms with E-state index in [1.807, 2.05) is 24.4 Å². The lowest BCUT2D eigenvalue weighted by Crippen LogP contribution is -2.54. The molecule has 0 bridgehead atoms. The van der Waals surface area contributed by atoms with Crippen molar-refractivity contribution in [3.63, 3.8) is 0 Å². The number of nitrogens with zero attached hydrogens (tertiary/aromatic N) is 5. The first kappa shape index (κ1) is 30.2. The first-order chi connectivity index (χ1) is 23.2. The number of nitrogens with one attached hydrogen (secondary N) is 2. The standard InChI is InChI=1S/C35H36N8O5/c36-31(19-4-5-19)25(27-15-39-32-26(40-27)2-1-3-28(32)42-16-22(44)17-42)14-38-21-10-18(11-21)13-37-20-6-7-23-24(12-20)35(48)43(34(23)47)29-8-9-30(45)41-33(29)46/h1-3,6-7,12,14-15,18-19,21-22,29,37,44H,4-5,8-11,13,16-17,36H2,(H,41,45,46). The van der Waals surface area contributed by atoms with Gasteiger partial charge in [0.2, 0.25) is 11.8 Å². The molecule has 4 amide bonds. The normalized spacial score (nSPS) is 24.8. The van der Waals surface area contributed by atoms with Crippen LogP contribution in [0.5, 0.6) is 0 Å². The predicted octanol–water partition coefficient (Wildman–Crippen LogP) is 2.25. The highest BCUT2D eigenvalue weighted by atomic mass is 16.3. The first-order valence-corrected chi connectivity index (χ1v) is 16.5. The maximum Gasteiger partial charge on any atom is 0.262 e. The molecule has 4 heterocycles. The van der Waals surface area contributed by atoms with Crippen LogP contribution < -0.4 is 21.3 Å². The van der Waals surface area contributed by atoms with E-state index in [-0.39, 0.29) is 36.1 Å². The fourth-order valence-corrected chi connectivity index (χ4v) is 6.98. The Labute approximate surface area is 276 Å². The number of carbonyl (C=O) groups excluding carboxylic acids is 4. The second-order valence-corrected chi connectivity index (χ2v) is 13.5. The molecule has 0 radical (unpaired) electrons. The lowest BCUT2D eigenvalue weighted by atomic mass is 9.80. The number of aliphatic hydroxyl groups excluding tert-OH is 1. The third-order valence-corrected chi connectivity index (χ3v) is 10.0. The van der Waals surface area contributed by atoms with Gasteiger partial charge >= 0.3 is 0 Å². The van der Waals surface area contributed by atoms with Crippen LogP contribution in [0.2, 0.25) is 0 Å². The fraction of sp³-hybridized carbons (Fsp3) is 0.400. The van der Waals surface area contributed by atoms with Gasteiger partial charge in [0.1, 0.15) is 11.6 Å². The van der Waals surface area contributed by atoms with E-state index >= 15 is 0 Å². The highest BCUT2D eigenvalue weighted by Gasteiger charge is 2.44. The molecule has 1 unspecified atom stereocenters. The SMILES string of the molecule is NC(=C(C=NC1CC(CNc2ccc3c(c2)C(=O)N(C2CCC(=O)NC2=O)C3=O)C1)c1cnc2c(N3CC(O)C3)cccc2n1)C1CC1. The van der Waals surface area contributed by atoms with E-state index in [1.54, 1.807) is 24.4 Å².